The van der Waals surface area contributed by atoms with E-state index in [1.807, 2.05) is 44.2 Å². The quantitative estimate of drug-likeness (QED) is 0.474. The Balaban J connectivity index is 1.81. The molecule has 0 saturated carbocycles. The molecule has 2 aromatic heterocycles. The molecule has 2 atom stereocenters. The maximum absolute atomic E-state index is 14.0. The largest absolute Gasteiger partial charge is 0.352 e. The monoisotopic (exact) mass is 434 g/mol. The van der Waals surface area contributed by atoms with Crippen molar-refractivity contribution in [1.29, 1.82) is 0 Å². The molecule has 32 heavy (non-hydrogen) atoms. The van der Waals surface area contributed by atoms with Gasteiger partial charge in [-0.05, 0) is 43.0 Å². The second-order valence-electron chi connectivity index (χ2n) is 8.34. The lowest BCUT2D eigenvalue weighted by Gasteiger charge is -2.15. The second kappa shape index (κ2) is 8.94. The standard InChI is InChI=1S/C25H27FN4O2/c1-4-17(3)28-22(31)14-30-21-11-10-19(26)12-20(21)23-24(30)25(32)29(15-27-23)13-16(2)18-8-6-5-7-9-18/h5-12,15-17H,4,13-14H2,1-3H3,(H,28,31)/t16-,17-/m1/s1. The predicted molar refractivity (Wildman–Crippen MR) is 124 cm³/mol. The van der Waals surface area contributed by atoms with Crippen molar-refractivity contribution in [3.63, 3.8) is 0 Å². The number of amides is 1. The minimum absolute atomic E-state index is 0.0227. The van der Waals surface area contributed by atoms with Gasteiger partial charge in [0.05, 0.1) is 11.8 Å². The van der Waals surface area contributed by atoms with Crippen LogP contribution in [0.15, 0.2) is 59.7 Å². The highest BCUT2D eigenvalue weighted by Crippen LogP contribution is 2.26. The number of hydrogen-bond donors (Lipinski definition) is 1. The van der Waals surface area contributed by atoms with Gasteiger partial charge in [-0.1, -0.05) is 44.2 Å². The average molecular weight is 435 g/mol. The molecule has 4 rings (SSSR count). The summed E-state index contributed by atoms with van der Waals surface area (Å²) >= 11 is 0. The fourth-order valence-corrected chi connectivity index (χ4v) is 4.01. The number of fused-ring (bicyclic) bond motifs is 3. The van der Waals surface area contributed by atoms with Crippen LogP contribution in [0.25, 0.3) is 21.9 Å². The van der Waals surface area contributed by atoms with Crippen molar-refractivity contribution in [1.82, 2.24) is 19.4 Å². The first kappa shape index (κ1) is 21.7. The summed E-state index contributed by atoms with van der Waals surface area (Å²) < 4.78 is 17.2. The summed E-state index contributed by atoms with van der Waals surface area (Å²) in [5.41, 5.74) is 2.21. The summed E-state index contributed by atoms with van der Waals surface area (Å²) in [5.74, 6) is -0.517. The Labute approximate surface area is 185 Å². The zero-order valence-corrected chi connectivity index (χ0v) is 18.5. The summed E-state index contributed by atoms with van der Waals surface area (Å²) in [7, 11) is 0. The van der Waals surface area contributed by atoms with Crippen LogP contribution in [0.5, 0.6) is 0 Å². The van der Waals surface area contributed by atoms with Crippen LogP contribution in [0.2, 0.25) is 0 Å². The van der Waals surface area contributed by atoms with Crippen molar-refractivity contribution in [2.75, 3.05) is 0 Å². The van der Waals surface area contributed by atoms with E-state index in [1.165, 1.54) is 18.5 Å². The van der Waals surface area contributed by atoms with Gasteiger partial charge in [0.25, 0.3) is 5.56 Å². The molecule has 4 aromatic rings. The van der Waals surface area contributed by atoms with Gasteiger partial charge in [0, 0.05) is 18.0 Å². The van der Waals surface area contributed by atoms with Crippen LogP contribution in [0.1, 0.15) is 38.7 Å². The highest BCUT2D eigenvalue weighted by atomic mass is 19.1. The lowest BCUT2D eigenvalue weighted by Crippen LogP contribution is -2.35. The number of hydrogen-bond acceptors (Lipinski definition) is 3. The topological polar surface area (TPSA) is 68.9 Å². The molecule has 0 saturated heterocycles. The third-order valence-electron chi connectivity index (χ3n) is 5.95. The van der Waals surface area contributed by atoms with E-state index in [-0.39, 0.29) is 30.0 Å². The number of nitrogens with zero attached hydrogens (tertiary/aromatic N) is 3. The Hall–Kier alpha value is -3.48. The molecule has 0 radical (unpaired) electrons. The minimum atomic E-state index is -0.413. The van der Waals surface area contributed by atoms with Crippen molar-refractivity contribution in [3.8, 4) is 0 Å². The van der Waals surface area contributed by atoms with Crippen LogP contribution >= 0.6 is 0 Å². The number of rotatable bonds is 7. The van der Waals surface area contributed by atoms with Gasteiger partial charge in [0.15, 0.2) is 0 Å². The van der Waals surface area contributed by atoms with E-state index in [0.717, 1.165) is 12.0 Å². The lowest BCUT2D eigenvalue weighted by molar-refractivity contribution is -0.122. The molecule has 0 aliphatic carbocycles. The molecule has 166 valence electrons. The van der Waals surface area contributed by atoms with Crippen LogP contribution in [0, 0.1) is 5.82 Å². The molecule has 0 unspecified atom stereocenters. The van der Waals surface area contributed by atoms with Gasteiger partial charge in [-0.25, -0.2) is 9.37 Å². The van der Waals surface area contributed by atoms with Crippen molar-refractivity contribution in [3.05, 3.63) is 76.6 Å². The van der Waals surface area contributed by atoms with Gasteiger partial charge in [0.2, 0.25) is 5.91 Å². The molecule has 2 heterocycles. The van der Waals surface area contributed by atoms with Crippen molar-refractivity contribution < 1.29 is 9.18 Å². The molecule has 0 bridgehead atoms. The summed E-state index contributed by atoms with van der Waals surface area (Å²) in [6.45, 7) is 6.38. The highest BCUT2D eigenvalue weighted by molar-refractivity contribution is 6.06. The third kappa shape index (κ3) is 4.15. The van der Waals surface area contributed by atoms with E-state index in [2.05, 4.69) is 17.2 Å². The van der Waals surface area contributed by atoms with Crippen LogP contribution < -0.4 is 10.9 Å². The molecular weight excluding hydrogens is 407 g/mol. The van der Waals surface area contributed by atoms with Crippen LogP contribution in [-0.2, 0) is 17.9 Å². The summed E-state index contributed by atoms with van der Waals surface area (Å²) in [6, 6.07) is 14.3. The van der Waals surface area contributed by atoms with E-state index in [4.69, 9.17) is 0 Å². The second-order valence-corrected chi connectivity index (χ2v) is 8.34. The fraction of sp³-hybridized carbons (Fsp3) is 0.320. The van der Waals surface area contributed by atoms with Gasteiger partial charge in [0.1, 0.15) is 23.4 Å². The first-order valence-electron chi connectivity index (χ1n) is 10.9. The van der Waals surface area contributed by atoms with Gasteiger partial charge < -0.3 is 9.88 Å². The predicted octanol–water partition coefficient (Wildman–Crippen LogP) is 4.21. The van der Waals surface area contributed by atoms with Gasteiger partial charge >= 0.3 is 0 Å². The van der Waals surface area contributed by atoms with E-state index in [9.17, 15) is 14.0 Å². The summed E-state index contributed by atoms with van der Waals surface area (Å²) in [5, 5.41) is 3.46. The maximum atomic E-state index is 14.0. The summed E-state index contributed by atoms with van der Waals surface area (Å²) in [4.78, 5) is 30.7. The Morgan fingerprint density at radius 2 is 1.91 bits per heavy atom. The van der Waals surface area contributed by atoms with E-state index >= 15 is 0 Å². The van der Waals surface area contributed by atoms with Crippen molar-refractivity contribution >= 4 is 27.8 Å². The Bertz CT molecular complexity index is 1330. The molecule has 0 spiro atoms. The maximum Gasteiger partial charge on any atom is 0.277 e. The third-order valence-corrected chi connectivity index (χ3v) is 5.95. The number of benzene rings is 2. The molecule has 0 aliphatic rings. The van der Waals surface area contributed by atoms with Crippen molar-refractivity contribution in [2.45, 2.75) is 52.2 Å². The minimum Gasteiger partial charge on any atom is -0.352 e. The smallest absolute Gasteiger partial charge is 0.277 e. The van der Waals surface area contributed by atoms with Crippen LogP contribution in [0.3, 0.4) is 0 Å². The number of halogens is 1. The number of aromatic nitrogens is 3. The zero-order valence-electron chi connectivity index (χ0n) is 18.5. The van der Waals surface area contributed by atoms with E-state index in [0.29, 0.717) is 28.5 Å². The van der Waals surface area contributed by atoms with Crippen LogP contribution in [0.4, 0.5) is 4.39 Å². The molecule has 1 amide bonds. The fourth-order valence-electron chi connectivity index (χ4n) is 4.01. The number of nitrogens with one attached hydrogen (secondary N) is 1. The first-order valence-corrected chi connectivity index (χ1v) is 10.9. The first-order chi connectivity index (χ1) is 15.4. The molecule has 1 N–H and O–H groups in total. The molecule has 2 aromatic carbocycles. The molecular formula is C25H27FN4O2. The van der Waals surface area contributed by atoms with Gasteiger partial charge in [-0.2, -0.15) is 0 Å². The zero-order chi connectivity index (χ0) is 22.8. The van der Waals surface area contributed by atoms with E-state index in [1.54, 1.807) is 15.2 Å². The SMILES string of the molecule is CC[C@@H](C)NC(=O)Cn1c2ccc(F)cc2c2ncn(C[C@@H](C)c3ccccc3)c(=O)c21. The Morgan fingerprint density at radius 3 is 2.62 bits per heavy atom. The summed E-state index contributed by atoms with van der Waals surface area (Å²) in [6.07, 6.45) is 2.31. The molecule has 7 heteroatoms. The van der Waals surface area contributed by atoms with Gasteiger partial charge in [-0.3, -0.25) is 14.2 Å². The molecule has 6 nitrogen and oxygen atoms in total. The van der Waals surface area contributed by atoms with E-state index < -0.39 is 5.82 Å². The number of carbonyl (C=O) groups is 1. The highest BCUT2D eigenvalue weighted by Gasteiger charge is 2.20. The van der Waals surface area contributed by atoms with Crippen LogP contribution in [-0.4, -0.2) is 26.1 Å². The molecule has 0 fully saturated rings. The normalized spacial score (nSPS) is 13.4. The Morgan fingerprint density at radius 1 is 1.16 bits per heavy atom. The average Bonchev–Trinajstić information content (AvgIpc) is 3.09. The Kier molecular flexibility index (Phi) is 6.08. The number of carbonyl (C=O) groups excluding carboxylic acids is 1. The lowest BCUT2D eigenvalue weighted by atomic mass is 10.0. The van der Waals surface area contributed by atoms with Gasteiger partial charge in [-0.15, -0.1) is 0 Å². The van der Waals surface area contributed by atoms with Crippen molar-refractivity contribution in [2.24, 2.45) is 0 Å². The molecule has 0 aliphatic heterocycles.